The SMILES string of the molecule is N#CCSCCCN1CCC(O)(C(F)(F)F)CC1. The van der Waals surface area contributed by atoms with Crippen molar-refractivity contribution in [3.05, 3.63) is 0 Å². The Balaban J connectivity index is 2.22. The van der Waals surface area contributed by atoms with Crippen LogP contribution in [0.2, 0.25) is 0 Å². The van der Waals surface area contributed by atoms with Crippen LogP contribution in [-0.4, -0.2) is 52.9 Å². The Morgan fingerprint density at radius 2 is 1.94 bits per heavy atom. The van der Waals surface area contributed by atoms with Crippen LogP contribution in [0.3, 0.4) is 0 Å². The molecule has 3 nitrogen and oxygen atoms in total. The maximum atomic E-state index is 12.5. The van der Waals surface area contributed by atoms with Gasteiger partial charge in [-0.05, 0) is 31.6 Å². The number of likely N-dealkylation sites (tertiary alicyclic amines) is 1. The molecule has 0 aromatic heterocycles. The Labute approximate surface area is 109 Å². The Kier molecular flexibility index (Phi) is 5.76. The van der Waals surface area contributed by atoms with Crippen molar-refractivity contribution in [1.82, 2.24) is 4.90 Å². The largest absolute Gasteiger partial charge is 0.417 e. The molecule has 0 aliphatic carbocycles. The molecule has 0 spiro atoms. The van der Waals surface area contributed by atoms with Gasteiger partial charge in [0.25, 0.3) is 0 Å². The quantitative estimate of drug-likeness (QED) is 0.784. The third kappa shape index (κ3) is 4.34. The van der Waals surface area contributed by atoms with Gasteiger partial charge in [0.15, 0.2) is 5.60 Å². The van der Waals surface area contributed by atoms with Crippen LogP contribution >= 0.6 is 11.8 Å². The topological polar surface area (TPSA) is 47.3 Å². The molecule has 0 atom stereocenters. The average molecular weight is 282 g/mol. The zero-order valence-electron chi connectivity index (χ0n) is 10.0. The van der Waals surface area contributed by atoms with E-state index in [0.29, 0.717) is 5.75 Å². The van der Waals surface area contributed by atoms with Gasteiger partial charge in [-0.1, -0.05) is 0 Å². The fourth-order valence-electron chi connectivity index (χ4n) is 1.94. The van der Waals surface area contributed by atoms with E-state index in [2.05, 4.69) is 0 Å². The second-order valence-electron chi connectivity index (χ2n) is 4.44. The molecule has 0 aromatic carbocycles. The van der Waals surface area contributed by atoms with E-state index >= 15 is 0 Å². The van der Waals surface area contributed by atoms with Gasteiger partial charge in [-0.2, -0.15) is 18.4 Å². The highest BCUT2D eigenvalue weighted by Crippen LogP contribution is 2.38. The maximum Gasteiger partial charge on any atom is 0.417 e. The lowest BCUT2D eigenvalue weighted by molar-refractivity contribution is -0.272. The van der Waals surface area contributed by atoms with Crippen LogP contribution in [0, 0.1) is 11.3 Å². The van der Waals surface area contributed by atoms with Gasteiger partial charge in [-0.25, -0.2) is 0 Å². The summed E-state index contributed by atoms with van der Waals surface area (Å²) in [6.07, 6.45) is -4.16. The van der Waals surface area contributed by atoms with E-state index in [0.717, 1.165) is 18.7 Å². The Morgan fingerprint density at radius 1 is 1.33 bits per heavy atom. The summed E-state index contributed by atoms with van der Waals surface area (Å²) in [6, 6.07) is 2.02. The van der Waals surface area contributed by atoms with Crippen molar-refractivity contribution in [2.45, 2.75) is 31.0 Å². The van der Waals surface area contributed by atoms with Gasteiger partial charge in [-0.15, -0.1) is 11.8 Å². The lowest BCUT2D eigenvalue weighted by atomic mass is 9.91. The Morgan fingerprint density at radius 3 is 2.44 bits per heavy atom. The normalized spacial score (nSPS) is 20.6. The highest BCUT2D eigenvalue weighted by molar-refractivity contribution is 7.99. The van der Waals surface area contributed by atoms with Gasteiger partial charge >= 0.3 is 6.18 Å². The zero-order valence-corrected chi connectivity index (χ0v) is 10.9. The van der Waals surface area contributed by atoms with E-state index in [4.69, 9.17) is 5.26 Å². The first kappa shape index (κ1) is 15.6. The number of alkyl halides is 3. The predicted molar refractivity (Wildman–Crippen MR) is 64.2 cm³/mol. The Bertz CT molecular complexity index is 296. The van der Waals surface area contributed by atoms with E-state index < -0.39 is 11.8 Å². The first-order chi connectivity index (χ1) is 8.39. The molecule has 0 unspecified atom stereocenters. The molecule has 0 radical (unpaired) electrons. The van der Waals surface area contributed by atoms with Crippen molar-refractivity contribution >= 4 is 11.8 Å². The molecule has 0 saturated carbocycles. The summed E-state index contributed by atoms with van der Waals surface area (Å²) in [5.41, 5.74) is -2.50. The molecule has 18 heavy (non-hydrogen) atoms. The summed E-state index contributed by atoms with van der Waals surface area (Å²) in [6.45, 7) is 1.28. The fraction of sp³-hybridized carbons (Fsp3) is 0.909. The van der Waals surface area contributed by atoms with Crippen LogP contribution in [0.4, 0.5) is 13.2 Å². The fourth-order valence-corrected chi connectivity index (χ4v) is 2.51. The van der Waals surface area contributed by atoms with Gasteiger partial charge < -0.3 is 10.0 Å². The van der Waals surface area contributed by atoms with Crippen LogP contribution in [0.5, 0.6) is 0 Å². The molecule has 1 heterocycles. The third-order valence-electron chi connectivity index (χ3n) is 3.14. The first-order valence-corrected chi connectivity index (χ1v) is 7.01. The highest BCUT2D eigenvalue weighted by atomic mass is 32.2. The number of nitriles is 1. The van der Waals surface area contributed by atoms with Crippen molar-refractivity contribution in [1.29, 1.82) is 5.26 Å². The van der Waals surface area contributed by atoms with E-state index in [1.165, 1.54) is 11.8 Å². The summed E-state index contributed by atoms with van der Waals surface area (Å²) in [7, 11) is 0. The zero-order chi connectivity index (χ0) is 13.6. The number of rotatable bonds is 5. The highest BCUT2D eigenvalue weighted by Gasteiger charge is 2.54. The van der Waals surface area contributed by atoms with Gasteiger partial charge in [0.1, 0.15) is 0 Å². The summed E-state index contributed by atoms with van der Waals surface area (Å²) >= 11 is 1.53. The first-order valence-electron chi connectivity index (χ1n) is 5.85. The van der Waals surface area contributed by atoms with Crippen LogP contribution in [0.1, 0.15) is 19.3 Å². The summed E-state index contributed by atoms with van der Waals surface area (Å²) < 4.78 is 37.6. The number of hydrogen-bond acceptors (Lipinski definition) is 4. The third-order valence-corrected chi connectivity index (χ3v) is 4.05. The molecule has 1 aliphatic rings. The summed E-state index contributed by atoms with van der Waals surface area (Å²) in [5.74, 6) is 1.29. The van der Waals surface area contributed by atoms with Crippen molar-refractivity contribution in [3.8, 4) is 6.07 Å². The van der Waals surface area contributed by atoms with Crippen molar-refractivity contribution in [2.24, 2.45) is 0 Å². The molecule has 1 fully saturated rings. The van der Waals surface area contributed by atoms with E-state index in [1.54, 1.807) is 0 Å². The monoisotopic (exact) mass is 282 g/mol. The minimum absolute atomic E-state index is 0.248. The maximum absolute atomic E-state index is 12.5. The second-order valence-corrected chi connectivity index (χ2v) is 5.54. The number of piperidine rings is 1. The minimum atomic E-state index is -4.53. The van der Waals surface area contributed by atoms with Gasteiger partial charge in [0, 0.05) is 13.1 Å². The molecule has 104 valence electrons. The summed E-state index contributed by atoms with van der Waals surface area (Å²) in [5, 5.41) is 17.8. The van der Waals surface area contributed by atoms with Gasteiger partial charge in [-0.3, -0.25) is 0 Å². The standard InChI is InChI=1S/C11H17F3N2OS/c12-11(13,14)10(17)2-6-16(7-3-10)5-1-8-18-9-4-15/h17H,1-3,5-9H2. The number of aliphatic hydroxyl groups is 1. The van der Waals surface area contributed by atoms with Crippen LogP contribution in [0.15, 0.2) is 0 Å². The van der Waals surface area contributed by atoms with Crippen molar-refractivity contribution in [2.75, 3.05) is 31.1 Å². The predicted octanol–water partition coefficient (Wildman–Crippen LogP) is 2.02. The van der Waals surface area contributed by atoms with Crippen LogP contribution in [0.25, 0.3) is 0 Å². The number of halogens is 3. The van der Waals surface area contributed by atoms with E-state index in [9.17, 15) is 18.3 Å². The molecule has 0 aromatic rings. The molecule has 1 aliphatic heterocycles. The molecule has 0 bridgehead atoms. The van der Waals surface area contributed by atoms with Gasteiger partial charge in [0.05, 0.1) is 11.8 Å². The van der Waals surface area contributed by atoms with Crippen molar-refractivity contribution < 1.29 is 18.3 Å². The average Bonchev–Trinajstić information content (AvgIpc) is 2.30. The second kappa shape index (κ2) is 6.64. The van der Waals surface area contributed by atoms with Gasteiger partial charge in [0.2, 0.25) is 0 Å². The summed E-state index contributed by atoms with van der Waals surface area (Å²) in [4.78, 5) is 1.94. The molecule has 7 heteroatoms. The Hall–Kier alpha value is -0.450. The van der Waals surface area contributed by atoms with Crippen molar-refractivity contribution in [3.63, 3.8) is 0 Å². The van der Waals surface area contributed by atoms with E-state index in [1.807, 2.05) is 11.0 Å². The van der Waals surface area contributed by atoms with E-state index in [-0.39, 0.29) is 25.9 Å². The molecule has 0 amide bonds. The lowest BCUT2D eigenvalue weighted by Gasteiger charge is -2.39. The molecular formula is C11H17F3N2OS. The number of thioether (sulfide) groups is 1. The van der Waals surface area contributed by atoms with Crippen LogP contribution in [-0.2, 0) is 0 Å². The molecular weight excluding hydrogens is 265 g/mol. The minimum Gasteiger partial charge on any atom is -0.380 e. The smallest absolute Gasteiger partial charge is 0.380 e. The molecule has 1 rings (SSSR count). The van der Waals surface area contributed by atoms with Crippen LogP contribution < -0.4 is 0 Å². The molecule has 1 N–H and O–H groups in total. The number of nitrogens with zero attached hydrogens (tertiary/aromatic N) is 2. The number of hydrogen-bond donors (Lipinski definition) is 1. The lowest BCUT2D eigenvalue weighted by Crippen LogP contribution is -2.53. The molecule has 1 saturated heterocycles.